The van der Waals surface area contributed by atoms with Gasteiger partial charge in [0.15, 0.2) is 0 Å². The van der Waals surface area contributed by atoms with Gasteiger partial charge < -0.3 is 9.80 Å². The van der Waals surface area contributed by atoms with Gasteiger partial charge in [-0.1, -0.05) is 105 Å². The summed E-state index contributed by atoms with van der Waals surface area (Å²) in [6.45, 7) is 21.6. The van der Waals surface area contributed by atoms with Crippen molar-refractivity contribution in [1.29, 1.82) is 0 Å². The number of carbonyl (C=O) groups is 2. The number of carbonyl (C=O) groups excluding carboxylic acids is 2. The van der Waals surface area contributed by atoms with Gasteiger partial charge in [-0.15, -0.1) is 0 Å². The number of nitrogens with zero attached hydrogens (tertiary/aromatic N) is 2. The van der Waals surface area contributed by atoms with Crippen molar-refractivity contribution in [2.24, 2.45) is 0 Å². The van der Waals surface area contributed by atoms with E-state index in [1.165, 1.54) is 22.3 Å². The molecule has 3 aromatic rings. The molecule has 3 aromatic carbocycles. The van der Waals surface area contributed by atoms with E-state index in [9.17, 15) is 9.59 Å². The van der Waals surface area contributed by atoms with Crippen molar-refractivity contribution in [1.82, 2.24) is 0 Å². The van der Waals surface area contributed by atoms with Gasteiger partial charge in [0.05, 0.1) is 11.4 Å². The zero-order chi connectivity index (χ0) is 30.6. The molecule has 0 aliphatic carbocycles. The molecule has 4 heteroatoms. The Kier molecular flexibility index (Phi) is 7.66. The van der Waals surface area contributed by atoms with Crippen molar-refractivity contribution >= 4 is 23.2 Å². The lowest BCUT2D eigenvalue weighted by Crippen LogP contribution is -2.29. The molecule has 2 saturated heterocycles. The van der Waals surface area contributed by atoms with E-state index in [1.807, 2.05) is 9.80 Å². The first-order chi connectivity index (χ1) is 19.5. The monoisotopic (exact) mass is 564 g/mol. The highest BCUT2D eigenvalue weighted by Crippen LogP contribution is 2.45. The molecule has 0 bridgehead atoms. The fraction of sp³-hybridized carbons (Fsp3) is 0.474. The first-order valence-corrected chi connectivity index (χ1v) is 15.6. The van der Waals surface area contributed by atoms with Gasteiger partial charge in [0, 0.05) is 31.5 Å². The van der Waals surface area contributed by atoms with Gasteiger partial charge in [0.1, 0.15) is 0 Å². The van der Waals surface area contributed by atoms with Gasteiger partial charge in [-0.2, -0.15) is 0 Å². The number of hydrogen-bond donors (Lipinski definition) is 0. The zero-order valence-corrected chi connectivity index (χ0v) is 27.1. The summed E-state index contributed by atoms with van der Waals surface area (Å²) in [5, 5.41) is 0. The van der Waals surface area contributed by atoms with Crippen LogP contribution >= 0.6 is 0 Å². The van der Waals surface area contributed by atoms with Crippen LogP contribution in [0.25, 0.3) is 22.3 Å². The van der Waals surface area contributed by atoms with Crippen LogP contribution in [-0.2, 0) is 25.8 Å². The Morgan fingerprint density at radius 3 is 1.24 bits per heavy atom. The highest BCUT2D eigenvalue weighted by Gasteiger charge is 2.32. The van der Waals surface area contributed by atoms with Crippen molar-refractivity contribution in [2.75, 3.05) is 22.9 Å². The normalized spacial score (nSPS) is 16.6. The minimum atomic E-state index is -0.125. The Bertz CT molecular complexity index is 1430. The first kappa shape index (κ1) is 30.1. The molecule has 2 aliphatic rings. The summed E-state index contributed by atoms with van der Waals surface area (Å²) in [5.74, 6) is 0.317. The second kappa shape index (κ2) is 10.7. The third-order valence-electron chi connectivity index (χ3n) is 8.86. The maximum Gasteiger partial charge on any atom is 0.227 e. The van der Waals surface area contributed by atoms with E-state index >= 15 is 0 Å². The molecule has 42 heavy (non-hydrogen) atoms. The fourth-order valence-corrected chi connectivity index (χ4v) is 6.06. The van der Waals surface area contributed by atoms with Gasteiger partial charge in [-0.05, 0) is 74.6 Å². The lowest BCUT2D eigenvalue weighted by Gasteiger charge is -2.30. The molecule has 0 spiro atoms. The van der Waals surface area contributed by atoms with Crippen LogP contribution in [0.5, 0.6) is 0 Å². The second-order valence-electron chi connectivity index (χ2n) is 15.3. The molecule has 2 aliphatic heterocycles. The Morgan fingerprint density at radius 1 is 0.500 bits per heavy atom. The van der Waals surface area contributed by atoms with Crippen LogP contribution in [0.15, 0.2) is 54.6 Å². The minimum Gasteiger partial charge on any atom is -0.312 e. The van der Waals surface area contributed by atoms with Gasteiger partial charge in [0.25, 0.3) is 0 Å². The maximum absolute atomic E-state index is 13.1. The molecule has 2 amide bonds. The predicted molar refractivity (Wildman–Crippen MR) is 177 cm³/mol. The quantitative estimate of drug-likeness (QED) is 0.317. The van der Waals surface area contributed by atoms with Crippen LogP contribution in [-0.4, -0.2) is 24.9 Å². The first-order valence-electron chi connectivity index (χ1n) is 15.6. The van der Waals surface area contributed by atoms with Crippen LogP contribution in [0, 0.1) is 0 Å². The molecular formula is C38H48N2O2. The molecule has 222 valence electrons. The Hall–Kier alpha value is -3.40. The average Bonchev–Trinajstić information content (AvgIpc) is 3.54. The molecule has 0 N–H and O–H groups in total. The van der Waals surface area contributed by atoms with Gasteiger partial charge in [0.2, 0.25) is 11.8 Å². The molecular weight excluding hydrogens is 516 g/mol. The molecule has 0 radical (unpaired) electrons. The standard InChI is InChI=1S/C38H48N2O2/c1-36(2,3)28-20-27(21-29(22-28)37(4,5)6)25-14-16-26(17-15-25)35-31(39-18-10-12-33(39)41)23-30(38(7,8)9)24-32(35)40-19-11-13-34(40)42/h14-17,20-24H,10-13,18-19H2,1-9H3. The van der Waals surface area contributed by atoms with E-state index in [-0.39, 0.29) is 28.1 Å². The van der Waals surface area contributed by atoms with Crippen LogP contribution in [0.4, 0.5) is 11.4 Å². The van der Waals surface area contributed by atoms with Crippen molar-refractivity contribution in [3.8, 4) is 22.3 Å². The fourth-order valence-electron chi connectivity index (χ4n) is 6.06. The van der Waals surface area contributed by atoms with Gasteiger partial charge >= 0.3 is 0 Å². The van der Waals surface area contributed by atoms with E-state index in [1.54, 1.807) is 0 Å². The van der Waals surface area contributed by atoms with Crippen molar-refractivity contribution < 1.29 is 9.59 Å². The zero-order valence-electron chi connectivity index (χ0n) is 27.1. The average molecular weight is 565 g/mol. The maximum atomic E-state index is 13.1. The summed E-state index contributed by atoms with van der Waals surface area (Å²) in [4.78, 5) is 30.2. The van der Waals surface area contributed by atoms with Crippen LogP contribution in [0.3, 0.4) is 0 Å². The van der Waals surface area contributed by atoms with Crippen LogP contribution in [0.1, 0.15) is 105 Å². The topological polar surface area (TPSA) is 40.6 Å². The van der Waals surface area contributed by atoms with Gasteiger partial charge in [-0.3, -0.25) is 9.59 Å². The van der Waals surface area contributed by atoms with Crippen LogP contribution < -0.4 is 9.80 Å². The smallest absolute Gasteiger partial charge is 0.227 e. The molecule has 2 heterocycles. The van der Waals surface area contributed by atoms with E-state index in [0.29, 0.717) is 25.9 Å². The lowest BCUT2D eigenvalue weighted by molar-refractivity contribution is -0.117. The highest BCUT2D eigenvalue weighted by atomic mass is 16.2. The molecule has 0 atom stereocenters. The molecule has 0 unspecified atom stereocenters. The summed E-state index contributed by atoms with van der Waals surface area (Å²) < 4.78 is 0. The largest absolute Gasteiger partial charge is 0.312 e. The van der Waals surface area contributed by atoms with Crippen LogP contribution in [0.2, 0.25) is 0 Å². The Balaban J connectivity index is 1.69. The molecule has 0 aromatic heterocycles. The summed E-state index contributed by atoms with van der Waals surface area (Å²) in [6, 6.07) is 20.1. The van der Waals surface area contributed by atoms with Crippen molar-refractivity contribution in [2.45, 2.75) is 104 Å². The molecule has 5 rings (SSSR count). The molecule has 4 nitrogen and oxygen atoms in total. The Labute approximate surface area is 253 Å². The summed E-state index contributed by atoms with van der Waals surface area (Å²) in [7, 11) is 0. The number of benzene rings is 3. The number of rotatable bonds is 4. The SMILES string of the molecule is CC(C)(C)c1cc(-c2ccc(-c3c(N4CCCC4=O)cc(C(C)(C)C)cc3N3CCCC3=O)cc2)cc(C(C)(C)C)c1. The van der Waals surface area contributed by atoms with E-state index in [2.05, 4.69) is 117 Å². The predicted octanol–water partition coefficient (Wildman–Crippen LogP) is 9.17. The third-order valence-corrected chi connectivity index (χ3v) is 8.86. The number of anilines is 2. The molecule has 0 saturated carbocycles. The highest BCUT2D eigenvalue weighted by molar-refractivity contribution is 6.06. The summed E-state index contributed by atoms with van der Waals surface area (Å²) in [6.07, 6.45) is 2.84. The van der Waals surface area contributed by atoms with E-state index in [0.717, 1.165) is 40.9 Å². The van der Waals surface area contributed by atoms with E-state index in [4.69, 9.17) is 0 Å². The summed E-state index contributed by atoms with van der Waals surface area (Å²) >= 11 is 0. The molecule has 2 fully saturated rings. The Morgan fingerprint density at radius 2 is 0.881 bits per heavy atom. The summed E-state index contributed by atoms with van der Waals surface area (Å²) in [5.41, 5.74) is 10.0. The number of amides is 2. The number of hydrogen-bond acceptors (Lipinski definition) is 2. The lowest BCUT2D eigenvalue weighted by atomic mass is 9.79. The van der Waals surface area contributed by atoms with Crippen molar-refractivity contribution in [3.05, 3.63) is 71.3 Å². The third kappa shape index (κ3) is 5.91. The van der Waals surface area contributed by atoms with E-state index < -0.39 is 0 Å². The minimum absolute atomic E-state index is 0.0408. The second-order valence-corrected chi connectivity index (χ2v) is 15.3. The van der Waals surface area contributed by atoms with Gasteiger partial charge in [-0.25, -0.2) is 0 Å². The van der Waals surface area contributed by atoms with Crippen molar-refractivity contribution in [3.63, 3.8) is 0 Å².